The summed E-state index contributed by atoms with van der Waals surface area (Å²) < 4.78 is 62.6. The number of halogens is 3. The number of likely N-dealkylation sites (N-methyl/N-ethyl adjacent to an activating group) is 1. The number of nitrogens with one attached hydrogen (secondary N) is 1. The van der Waals surface area contributed by atoms with Gasteiger partial charge in [0.2, 0.25) is 11.8 Å². The summed E-state index contributed by atoms with van der Waals surface area (Å²) >= 11 is 0. The van der Waals surface area contributed by atoms with Crippen molar-refractivity contribution in [2.75, 3.05) is 32.0 Å². The number of benzene rings is 2. The number of ether oxygens (including phenoxy) is 1. The fourth-order valence-corrected chi connectivity index (χ4v) is 6.31. The fourth-order valence-electron chi connectivity index (χ4n) is 4.78. The van der Waals surface area contributed by atoms with E-state index >= 15 is 0 Å². The minimum Gasteiger partial charge on any atom is -0.406 e. The van der Waals surface area contributed by atoms with Gasteiger partial charge in [-0.2, -0.15) is 10.6 Å². The lowest BCUT2D eigenvalue weighted by atomic mass is 10.0. The van der Waals surface area contributed by atoms with E-state index in [4.69, 9.17) is 0 Å². The van der Waals surface area contributed by atoms with E-state index in [1.54, 1.807) is 19.2 Å². The predicted molar refractivity (Wildman–Crippen MR) is 140 cm³/mol. The van der Waals surface area contributed by atoms with E-state index in [2.05, 4.69) is 10.1 Å². The van der Waals surface area contributed by atoms with Crippen LogP contribution in [0.5, 0.6) is 5.75 Å². The Balaban J connectivity index is 1.58. The van der Waals surface area contributed by atoms with E-state index in [1.807, 2.05) is 4.90 Å². The minimum atomic E-state index is -4.87. The normalized spacial score (nSPS) is 22.0. The first-order valence-corrected chi connectivity index (χ1v) is 13.9. The molecule has 2 aliphatic rings. The van der Waals surface area contributed by atoms with Crippen LogP contribution >= 0.6 is 10.6 Å². The molecule has 0 radical (unpaired) electrons. The van der Waals surface area contributed by atoms with Gasteiger partial charge >= 0.3 is 6.36 Å². The number of rotatable bonds is 7. The molecule has 9 nitrogen and oxygen atoms in total. The molecule has 1 fully saturated rings. The number of carbonyl (C=O) groups excluding carboxylic acids is 2. The van der Waals surface area contributed by atoms with Gasteiger partial charge in [0.1, 0.15) is 10.5 Å². The third-order valence-corrected chi connectivity index (χ3v) is 9.81. The summed E-state index contributed by atoms with van der Waals surface area (Å²) in [5, 5.41) is 12.6. The first kappa shape index (κ1) is 29.2. The van der Waals surface area contributed by atoms with Gasteiger partial charge in [0.15, 0.2) is 0 Å². The Morgan fingerprint density at radius 2 is 1.97 bits per heavy atom. The third-order valence-electron chi connectivity index (χ3n) is 7.23. The van der Waals surface area contributed by atoms with Crippen molar-refractivity contribution in [3.63, 3.8) is 0 Å². The molecule has 2 heterocycles. The van der Waals surface area contributed by atoms with Gasteiger partial charge in [-0.15, -0.1) is 13.2 Å². The Labute approximate surface area is 225 Å². The highest BCUT2D eigenvalue weighted by molar-refractivity contribution is 8.26. The van der Waals surface area contributed by atoms with E-state index in [-0.39, 0.29) is 29.5 Å². The summed E-state index contributed by atoms with van der Waals surface area (Å²) in [6, 6.07) is 9.40. The Morgan fingerprint density at radius 1 is 1.26 bits per heavy atom. The molecule has 0 saturated carbocycles. The van der Waals surface area contributed by atoms with Gasteiger partial charge in [0, 0.05) is 26.7 Å². The number of likely N-dealkylation sites (tertiary alicyclic amines) is 1. The number of alkyl halides is 3. The van der Waals surface area contributed by atoms with Crippen LogP contribution in [-0.4, -0.2) is 79.7 Å². The number of amides is 2. The molecule has 214 valence electrons. The van der Waals surface area contributed by atoms with Gasteiger partial charge in [0.05, 0.1) is 29.1 Å². The maximum Gasteiger partial charge on any atom is 0.573 e. The molecule has 0 unspecified atom stereocenters. The molecule has 0 aliphatic carbocycles. The summed E-state index contributed by atoms with van der Waals surface area (Å²) in [5.74, 6) is -1.31. The van der Waals surface area contributed by atoms with Crippen molar-refractivity contribution in [2.45, 2.75) is 54.8 Å². The van der Waals surface area contributed by atoms with Gasteiger partial charge in [0.25, 0.3) is 0 Å². The lowest BCUT2D eigenvalue weighted by Gasteiger charge is -2.49. The van der Waals surface area contributed by atoms with Crippen molar-refractivity contribution in [1.82, 2.24) is 9.80 Å². The quantitative estimate of drug-likeness (QED) is 0.392. The monoisotopic (exact) mass is 571 g/mol. The maximum atomic E-state index is 13.4. The van der Waals surface area contributed by atoms with Crippen LogP contribution in [0.1, 0.15) is 37.4 Å². The number of hydrogen-bond donors (Lipinski definition) is 4. The maximum absolute atomic E-state index is 13.4. The standard InChI is InChI=1S/C26H32F3N3O6S/c1-25(2)24(35)30-20-11-16(7-8-22(20)39(25,36)37)12-23(34)31(3)21(15-32-10-9-18(33)14-32)17-5-4-6-19(13-17)38-26(27,28)29/h4-8,11,13,18,21,33,36-37H,9-10,12,14-15H2,1-3H3,(H,30,35)/t18-,21+/m0/s1. The summed E-state index contributed by atoms with van der Waals surface area (Å²) in [6.45, 7) is 4.13. The number of carbonyl (C=O) groups is 2. The van der Waals surface area contributed by atoms with Crippen LogP contribution in [0.4, 0.5) is 18.9 Å². The van der Waals surface area contributed by atoms with Crippen LogP contribution in [0.25, 0.3) is 0 Å². The molecule has 4 N–H and O–H groups in total. The van der Waals surface area contributed by atoms with Crippen LogP contribution in [0.2, 0.25) is 0 Å². The SMILES string of the molecule is CN(C(=O)Cc1ccc2c(c1)NC(=O)C(C)(C)S2(O)O)[C@H](CN1CC[C@H](O)C1)c1cccc(OC(F)(F)F)c1. The van der Waals surface area contributed by atoms with E-state index < -0.39 is 45.5 Å². The highest BCUT2D eigenvalue weighted by Gasteiger charge is 2.47. The molecule has 4 rings (SSSR count). The number of β-amino-alcohol motifs (C(OH)–C–C–N with tert-alkyl or cyclic N) is 1. The van der Waals surface area contributed by atoms with E-state index in [1.165, 1.54) is 49.1 Å². The lowest BCUT2D eigenvalue weighted by Crippen LogP contribution is -2.45. The van der Waals surface area contributed by atoms with Crippen molar-refractivity contribution in [1.29, 1.82) is 0 Å². The molecular weight excluding hydrogens is 539 g/mol. The molecule has 2 aliphatic heterocycles. The van der Waals surface area contributed by atoms with Gasteiger partial charge in [-0.05, 0) is 55.7 Å². The van der Waals surface area contributed by atoms with Gasteiger partial charge < -0.3 is 20.1 Å². The zero-order valence-electron chi connectivity index (χ0n) is 21.7. The topological polar surface area (TPSA) is 123 Å². The Kier molecular flexibility index (Phi) is 7.94. The lowest BCUT2D eigenvalue weighted by molar-refractivity contribution is -0.274. The fraction of sp³-hybridized carbons (Fsp3) is 0.462. The van der Waals surface area contributed by atoms with Crippen molar-refractivity contribution in [3.05, 3.63) is 53.6 Å². The van der Waals surface area contributed by atoms with Crippen LogP contribution < -0.4 is 10.1 Å². The van der Waals surface area contributed by atoms with Crippen LogP contribution in [0.3, 0.4) is 0 Å². The third kappa shape index (κ3) is 6.17. The van der Waals surface area contributed by atoms with Gasteiger partial charge in [-0.1, -0.05) is 18.2 Å². The second kappa shape index (κ2) is 10.6. The molecule has 2 amide bonds. The summed E-state index contributed by atoms with van der Waals surface area (Å²) in [6.07, 6.45) is -4.94. The molecule has 13 heteroatoms. The van der Waals surface area contributed by atoms with Gasteiger partial charge in [-0.25, -0.2) is 0 Å². The molecule has 2 atom stereocenters. The molecule has 2 aromatic carbocycles. The van der Waals surface area contributed by atoms with Crippen molar-refractivity contribution in [3.8, 4) is 5.75 Å². The van der Waals surface area contributed by atoms with E-state index in [0.29, 0.717) is 30.6 Å². The van der Waals surface area contributed by atoms with Gasteiger partial charge in [-0.3, -0.25) is 23.6 Å². The van der Waals surface area contributed by atoms with Crippen molar-refractivity contribution < 1.29 is 41.7 Å². The second-order valence-corrected chi connectivity index (χ2v) is 12.9. The van der Waals surface area contributed by atoms with Crippen molar-refractivity contribution in [2.24, 2.45) is 0 Å². The molecule has 2 aromatic rings. The van der Waals surface area contributed by atoms with E-state index in [0.717, 1.165) is 0 Å². The zero-order valence-corrected chi connectivity index (χ0v) is 22.6. The molecule has 0 spiro atoms. The highest BCUT2D eigenvalue weighted by atomic mass is 32.3. The molecule has 1 saturated heterocycles. The minimum absolute atomic E-state index is 0.111. The molecule has 39 heavy (non-hydrogen) atoms. The number of aliphatic hydroxyl groups is 1. The number of aliphatic hydroxyl groups excluding tert-OH is 1. The Morgan fingerprint density at radius 3 is 2.62 bits per heavy atom. The molecule has 0 aromatic heterocycles. The smallest absolute Gasteiger partial charge is 0.406 e. The number of fused-ring (bicyclic) bond motifs is 1. The number of anilines is 1. The average molecular weight is 572 g/mol. The summed E-state index contributed by atoms with van der Waals surface area (Å²) in [4.78, 5) is 29.5. The Bertz CT molecular complexity index is 1260. The largest absolute Gasteiger partial charge is 0.573 e. The molecule has 0 bridgehead atoms. The zero-order chi connectivity index (χ0) is 28.8. The van der Waals surface area contributed by atoms with Crippen LogP contribution in [0.15, 0.2) is 47.4 Å². The first-order chi connectivity index (χ1) is 18.1. The second-order valence-electron chi connectivity index (χ2n) is 10.4. The first-order valence-electron chi connectivity index (χ1n) is 12.3. The number of hydrogen-bond acceptors (Lipinski definition) is 7. The van der Waals surface area contributed by atoms with Crippen LogP contribution in [-0.2, 0) is 16.0 Å². The van der Waals surface area contributed by atoms with E-state index in [9.17, 15) is 37.0 Å². The molecular formula is C26H32F3N3O6S. The van der Waals surface area contributed by atoms with Crippen molar-refractivity contribution >= 4 is 28.1 Å². The van der Waals surface area contributed by atoms with Crippen LogP contribution in [0, 0.1) is 0 Å². The predicted octanol–water partition coefficient (Wildman–Crippen LogP) is 4.23. The Hall–Kier alpha value is -2.84. The average Bonchev–Trinajstić information content (AvgIpc) is 3.25. The highest BCUT2D eigenvalue weighted by Crippen LogP contribution is 2.63. The summed E-state index contributed by atoms with van der Waals surface area (Å²) in [7, 11) is -1.89. The summed E-state index contributed by atoms with van der Waals surface area (Å²) in [5.41, 5.74) is 1.15. The number of nitrogens with zero attached hydrogens (tertiary/aromatic N) is 2.